The molecule has 1 aliphatic heterocycles. The molecule has 29 heavy (non-hydrogen) atoms. The zero-order valence-corrected chi connectivity index (χ0v) is 16.8. The van der Waals surface area contributed by atoms with Gasteiger partial charge in [-0.3, -0.25) is 0 Å². The fraction of sp³-hybridized carbons (Fsp3) is 0.261. The van der Waals surface area contributed by atoms with Crippen LogP contribution < -0.4 is 15.5 Å². The minimum Gasteiger partial charge on any atom is -0.355 e. The van der Waals surface area contributed by atoms with E-state index in [1.807, 2.05) is 62.4 Å². The van der Waals surface area contributed by atoms with Gasteiger partial charge in [0.25, 0.3) is 0 Å². The highest BCUT2D eigenvalue weighted by Gasteiger charge is 2.14. The van der Waals surface area contributed by atoms with Crippen molar-refractivity contribution in [3.8, 4) is 11.3 Å². The maximum Gasteiger partial charge on any atom is 0.323 e. The predicted octanol–water partition coefficient (Wildman–Crippen LogP) is 5.00. The van der Waals surface area contributed by atoms with Crippen molar-refractivity contribution in [2.45, 2.75) is 26.7 Å². The summed E-state index contributed by atoms with van der Waals surface area (Å²) in [5, 5.41) is 14.5. The molecule has 0 bridgehead atoms. The number of rotatable bonds is 4. The second kappa shape index (κ2) is 8.31. The first-order valence-corrected chi connectivity index (χ1v) is 9.92. The van der Waals surface area contributed by atoms with Crippen molar-refractivity contribution in [2.24, 2.45) is 0 Å². The van der Waals surface area contributed by atoms with Crippen molar-refractivity contribution in [2.75, 3.05) is 28.6 Å². The third-order valence-electron chi connectivity index (χ3n) is 5.00. The Morgan fingerprint density at radius 1 is 0.828 bits per heavy atom. The van der Waals surface area contributed by atoms with Crippen molar-refractivity contribution in [3.63, 3.8) is 0 Å². The Kier molecular flexibility index (Phi) is 5.42. The van der Waals surface area contributed by atoms with Gasteiger partial charge in [0, 0.05) is 30.0 Å². The molecule has 148 valence electrons. The first-order valence-electron chi connectivity index (χ1n) is 9.92. The van der Waals surface area contributed by atoms with Gasteiger partial charge in [-0.25, -0.2) is 4.79 Å². The molecule has 0 atom stereocenters. The Balaban J connectivity index is 1.39. The zero-order chi connectivity index (χ0) is 20.2. The quantitative estimate of drug-likeness (QED) is 0.661. The van der Waals surface area contributed by atoms with Crippen molar-refractivity contribution in [1.82, 2.24) is 10.2 Å². The molecule has 0 radical (unpaired) electrons. The van der Waals surface area contributed by atoms with E-state index in [9.17, 15) is 4.79 Å². The number of carbonyl (C=O) groups excluding carboxylic acids is 1. The van der Waals surface area contributed by atoms with E-state index in [1.165, 1.54) is 12.8 Å². The summed E-state index contributed by atoms with van der Waals surface area (Å²) >= 11 is 0. The lowest BCUT2D eigenvalue weighted by Gasteiger charge is -2.15. The second-order valence-corrected chi connectivity index (χ2v) is 7.50. The zero-order valence-electron chi connectivity index (χ0n) is 16.8. The van der Waals surface area contributed by atoms with E-state index in [1.54, 1.807) is 0 Å². The third kappa shape index (κ3) is 4.71. The van der Waals surface area contributed by atoms with Crippen molar-refractivity contribution >= 4 is 23.2 Å². The lowest BCUT2D eigenvalue weighted by molar-refractivity contribution is 0.262. The molecular weight excluding hydrogens is 362 g/mol. The molecule has 0 unspecified atom stereocenters. The Bertz CT molecular complexity index is 973. The van der Waals surface area contributed by atoms with E-state index in [-0.39, 0.29) is 6.03 Å². The van der Waals surface area contributed by atoms with E-state index in [0.29, 0.717) is 0 Å². The molecule has 0 spiro atoms. The predicted molar refractivity (Wildman–Crippen MR) is 117 cm³/mol. The van der Waals surface area contributed by atoms with Gasteiger partial charge in [0.05, 0.1) is 5.69 Å². The molecule has 4 rings (SSSR count). The molecule has 2 amide bonds. The Labute approximate surface area is 171 Å². The minimum atomic E-state index is -0.266. The van der Waals surface area contributed by atoms with Crippen molar-refractivity contribution in [3.05, 3.63) is 65.7 Å². The molecule has 3 aromatic rings. The highest BCUT2D eigenvalue weighted by atomic mass is 16.2. The van der Waals surface area contributed by atoms with Crippen LogP contribution in [0.25, 0.3) is 11.3 Å². The van der Waals surface area contributed by atoms with Gasteiger partial charge < -0.3 is 15.5 Å². The smallest absolute Gasteiger partial charge is 0.323 e. The highest BCUT2D eigenvalue weighted by molar-refractivity contribution is 5.99. The summed E-state index contributed by atoms with van der Waals surface area (Å²) in [4.78, 5) is 14.5. The number of aryl methyl sites for hydroxylation is 2. The number of hydrogen-bond donors (Lipinski definition) is 2. The molecule has 0 saturated carbocycles. The van der Waals surface area contributed by atoms with Crippen LogP contribution in [-0.2, 0) is 0 Å². The summed E-state index contributed by atoms with van der Waals surface area (Å²) in [6.45, 7) is 6.13. The van der Waals surface area contributed by atoms with Gasteiger partial charge in [0.15, 0.2) is 5.82 Å². The van der Waals surface area contributed by atoms with Gasteiger partial charge in [-0.15, -0.1) is 10.2 Å². The van der Waals surface area contributed by atoms with Crippen LogP contribution in [0.15, 0.2) is 54.6 Å². The molecule has 6 heteroatoms. The van der Waals surface area contributed by atoms with Crippen LogP contribution in [0.5, 0.6) is 0 Å². The normalized spacial score (nSPS) is 13.4. The van der Waals surface area contributed by atoms with E-state index >= 15 is 0 Å². The van der Waals surface area contributed by atoms with Crippen LogP contribution in [0.3, 0.4) is 0 Å². The fourth-order valence-electron chi connectivity index (χ4n) is 3.66. The van der Waals surface area contributed by atoms with E-state index in [4.69, 9.17) is 0 Å². The molecular formula is C23H25N5O. The van der Waals surface area contributed by atoms with Crippen LogP contribution >= 0.6 is 0 Å². The van der Waals surface area contributed by atoms with Gasteiger partial charge in [-0.05, 0) is 74.2 Å². The topological polar surface area (TPSA) is 70.2 Å². The largest absolute Gasteiger partial charge is 0.355 e. The molecule has 0 aliphatic carbocycles. The van der Waals surface area contributed by atoms with Crippen molar-refractivity contribution < 1.29 is 4.79 Å². The summed E-state index contributed by atoms with van der Waals surface area (Å²) in [7, 11) is 0. The first-order chi connectivity index (χ1) is 14.1. The molecule has 1 saturated heterocycles. The highest BCUT2D eigenvalue weighted by Crippen LogP contribution is 2.22. The summed E-state index contributed by atoms with van der Waals surface area (Å²) < 4.78 is 0. The summed E-state index contributed by atoms with van der Waals surface area (Å²) in [6.07, 6.45) is 2.43. The average Bonchev–Trinajstić information content (AvgIpc) is 3.23. The molecule has 6 nitrogen and oxygen atoms in total. The molecule has 1 aliphatic rings. The number of aromatic nitrogens is 2. The van der Waals surface area contributed by atoms with Gasteiger partial charge in [0.2, 0.25) is 0 Å². The number of amides is 2. The van der Waals surface area contributed by atoms with Gasteiger partial charge in [-0.2, -0.15) is 0 Å². The average molecular weight is 387 g/mol. The number of hydrogen-bond acceptors (Lipinski definition) is 4. The van der Waals surface area contributed by atoms with Crippen LogP contribution in [0.1, 0.15) is 24.0 Å². The maximum atomic E-state index is 12.3. The van der Waals surface area contributed by atoms with E-state index < -0.39 is 0 Å². The Morgan fingerprint density at radius 3 is 2.10 bits per heavy atom. The number of nitrogens with one attached hydrogen (secondary N) is 2. The molecule has 2 aromatic carbocycles. The lowest BCUT2D eigenvalue weighted by Crippen LogP contribution is -2.19. The number of benzene rings is 2. The van der Waals surface area contributed by atoms with Crippen LogP contribution in [0.4, 0.5) is 22.0 Å². The molecule has 2 N–H and O–H groups in total. The molecule has 1 aromatic heterocycles. The number of anilines is 3. The van der Waals surface area contributed by atoms with Gasteiger partial charge >= 0.3 is 6.03 Å². The Morgan fingerprint density at radius 2 is 1.48 bits per heavy atom. The van der Waals surface area contributed by atoms with Crippen LogP contribution in [-0.4, -0.2) is 29.3 Å². The lowest BCUT2D eigenvalue weighted by atomic mass is 10.1. The fourth-order valence-corrected chi connectivity index (χ4v) is 3.66. The SMILES string of the molecule is Cc1cc(C)cc(NC(=O)Nc2ccc(-c3ccc(N4CCCC4)nn3)cc2)c1. The van der Waals surface area contributed by atoms with Crippen LogP contribution in [0.2, 0.25) is 0 Å². The number of nitrogens with zero attached hydrogens (tertiary/aromatic N) is 3. The summed E-state index contributed by atoms with van der Waals surface area (Å²) in [5.41, 5.74) is 5.51. The summed E-state index contributed by atoms with van der Waals surface area (Å²) in [5.74, 6) is 0.938. The summed E-state index contributed by atoms with van der Waals surface area (Å²) in [6, 6.07) is 17.3. The van der Waals surface area contributed by atoms with Gasteiger partial charge in [0.1, 0.15) is 0 Å². The number of urea groups is 1. The Hall–Kier alpha value is -3.41. The standard InChI is InChI=1S/C23H25N5O/c1-16-13-17(2)15-20(14-16)25-23(29)24-19-7-5-18(6-8-19)21-9-10-22(27-26-21)28-11-3-4-12-28/h5-10,13-15H,3-4,11-12H2,1-2H3,(H2,24,25,29). The minimum absolute atomic E-state index is 0.266. The van der Waals surface area contributed by atoms with Crippen molar-refractivity contribution in [1.29, 1.82) is 0 Å². The molecule has 2 heterocycles. The van der Waals surface area contributed by atoms with Crippen LogP contribution in [0, 0.1) is 13.8 Å². The van der Waals surface area contributed by atoms with E-state index in [0.717, 1.165) is 52.7 Å². The first kappa shape index (κ1) is 18.9. The third-order valence-corrected chi connectivity index (χ3v) is 5.00. The monoisotopic (exact) mass is 387 g/mol. The second-order valence-electron chi connectivity index (χ2n) is 7.50. The maximum absolute atomic E-state index is 12.3. The van der Waals surface area contributed by atoms with Gasteiger partial charge in [-0.1, -0.05) is 18.2 Å². The van der Waals surface area contributed by atoms with E-state index in [2.05, 4.69) is 31.8 Å². The number of carbonyl (C=O) groups is 1. The molecule has 1 fully saturated rings.